The second-order valence-corrected chi connectivity index (χ2v) is 3.70. The lowest BCUT2D eigenvalue weighted by Crippen LogP contribution is -2.35. The van der Waals surface area contributed by atoms with Crippen LogP contribution in [0.1, 0.15) is 25.1 Å². The van der Waals surface area contributed by atoms with Gasteiger partial charge < -0.3 is 10.3 Å². The van der Waals surface area contributed by atoms with Gasteiger partial charge in [0.2, 0.25) is 5.91 Å². The molecule has 14 heavy (non-hydrogen) atoms. The van der Waals surface area contributed by atoms with E-state index in [0.29, 0.717) is 6.54 Å². The van der Waals surface area contributed by atoms with Gasteiger partial charge >= 0.3 is 0 Å². The van der Waals surface area contributed by atoms with Crippen molar-refractivity contribution in [1.29, 1.82) is 0 Å². The van der Waals surface area contributed by atoms with Gasteiger partial charge in [0, 0.05) is 31.3 Å². The summed E-state index contributed by atoms with van der Waals surface area (Å²) < 4.78 is 0. The largest absolute Gasteiger partial charge is 0.355 e. The van der Waals surface area contributed by atoms with Gasteiger partial charge in [-0.05, 0) is 12.8 Å². The number of rotatable bonds is 4. The topological polar surface area (TPSA) is 57.8 Å². The first-order valence-corrected chi connectivity index (χ1v) is 5.12. The second kappa shape index (κ2) is 4.26. The summed E-state index contributed by atoms with van der Waals surface area (Å²) in [5.41, 5.74) is 0. The van der Waals surface area contributed by atoms with Crippen molar-refractivity contribution in [2.45, 2.75) is 25.7 Å². The van der Waals surface area contributed by atoms with Crippen LogP contribution in [0, 0.1) is 5.92 Å². The molecule has 4 heteroatoms. The average Bonchev–Trinajstić information content (AvgIpc) is 2.53. The van der Waals surface area contributed by atoms with Crippen LogP contribution in [0.5, 0.6) is 0 Å². The van der Waals surface area contributed by atoms with E-state index in [4.69, 9.17) is 0 Å². The molecule has 0 radical (unpaired) electrons. The summed E-state index contributed by atoms with van der Waals surface area (Å²) in [7, 11) is 0. The minimum Gasteiger partial charge on any atom is -0.355 e. The molecular formula is C10H15N3O. The number of aromatic amines is 1. The summed E-state index contributed by atoms with van der Waals surface area (Å²) in [5, 5.41) is 2.92. The van der Waals surface area contributed by atoms with Gasteiger partial charge in [-0.3, -0.25) is 4.79 Å². The SMILES string of the molecule is O=C(NCCc1ncc[nH]1)C1CCC1. The Morgan fingerprint density at radius 1 is 1.64 bits per heavy atom. The zero-order valence-electron chi connectivity index (χ0n) is 8.12. The van der Waals surface area contributed by atoms with Crippen LogP contribution >= 0.6 is 0 Å². The Morgan fingerprint density at radius 3 is 3.07 bits per heavy atom. The van der Waals surface area contributed by atoms with E-state index in [9.17, 15) is 4.79 Å². The highest BCUT2D eigenvalue weighted by molar-refractivity contribution is 5.79. The maximum absolute atomic E-state index is 11.4. The molecule has 4 nitrogen and oxygen atoms in total. The zero-order valence-corrected chi connectivity index (χ0v) is 8.12. The van der Waals surface area contributed by atoms with E-state index in [1.165, 1.54) is 6.42 Å². The van der Waals surface area contributed by atoms with E-state index in [2.05, 4.69) is 15.3 Å². The second-order valence-electron chi connectivity index (χ2n) is 3.70. The molecule has 0 spiro atoms. The monoisotopic (exact) mass is 193 g/mol. The van der Waals surface area contributed by atoms with Crippen LogP contribution in [0.3, 0.4) is 0 Å². The first kappa shape index (κ1) is 9.24. The van der Waals surface area contributed by atoms with Crippen LogP contribution in [-0.4, -0.2) is 22.4 Å². The van der Waals surface area contributed by atoms with Gasteiger partial charge in [0.1, 0.15) is 5.82 Å². The highest BCUT2D eigenvalue weighted by atomic mass is 16.1. The molecule has 0 aromatic carbocycles. The van der Waals surface area contributed by atoms with Crippen LogP contribution in [0.2, 0.25) is 0 Å². The van der Waals surface area contributed by atoms with Crippen molar-refractivity contribution in [2.75, 3.05) is 6.54 Å². The summed E-state index contributed by atoms with van der Waals surface area (Å²) in [4.78, 5) is 18.5. The number of nitrogens with zero attached hydrogens (tertiary/aromatic N) is 1. The van der Waals surface area contributed by atoms with Gasteiger partial charge in [-0.2, -0.15) is 0 Å². The number of carbonyl (C=O) groups is 1. The highest BCUT2D eigenvalue weighted by Gasteiger charge is 2.24. The number of carbonyl (C=O) groups excluding carboxylic acids is 1. The summed E-state index contributed by atoms with van der Waals surface area (Å²) in [5.74, 6) is 1.42. The summed E-state index contributed by atoms with van der Waals surface area (Å²) >= 11 is 0. The first-order chi connectivity index (χ1) is 6.86. The molecule has 1 aromatic rings. The lowest BCUT2D eigenvalue weighted by atomic mass is 9.85. The summed E-state index contributed by atoms with van der Waals surface area (Å²) in [6.45, 7) is 0.683. The third-order valence-corrected chi connectivity index (χ3v) is 2.69. The Bertz CT molecular complexity index is 290. The molecular weight excluding hydrogens is 178 g/mol. The molecule has 1 aromatic heterocycles. The molecule has 0 atom stereocenters. The van der Waals surface area contributed by atoms with E-state index in [-0.39, 0.29) is 11.8 Å². The lowest BCUT2D eigenvalue weighted by molar-refractivity contribution is -0.127. The van der Waals surface area contributed by atoms with Crippen molar-refractivity contribution in [3.8, 4) is 0 Å². The van der Waals surface area contributed by atoms with E-state index >= 15 is 0 Å². The molecule has 2 N–H and O–H groups in total. The lowest BCUT2D eigenvalue weighted by Gasteiger charge is -2.23. The highest BCUT2D eigenvalue weighted by Crippen LogP contribution is 2.25. The number of hydrogen-bond donors (Lipinski definition) is 2. The summed E-state index contributed by atoms with van der Waals surface area (Å²) in [6.07, 6.45) is 7.63. The van der Waals surface area contributed by atoms with Crippen LogP contribution in [-0.2, 0) is 11.2 Å². The number of H-pyrrole nitrogens is 1. The third-order valence-electron chi connectivity index (χ3n) is 2.69. The predicted molar refractivity (Wildman–Crippen MR) is 52.6 cm³/mol. The molecule has 0 bridgehead atoms. The maximum Gasteiger partial charge on any atom is 0.223 e. The van der Waals surface area contributed by atoms with Crippen molar-refractivity contribution < 1.29 is 4.79 Å². The first-order valence-electron chi connectivity index (χ1n) is 5.12. The smallest absolute Gasteiger partial charge is 0.223 e. The van der Waals surface area contributed by atoms with E-state index in [0.717, 1.165) is 25.1 Å². The fraction of sp³-hybridized carbons (Fsp3) is 0.600. The third kappa shape index (κ3) is 2.13. The molecule has 0 unspecified atom stereocenters. The van der Waals surface area contributed by atoms with Gasteiger partial charge in [0.25, 0.3) is 0 Å². The molecule has 1 fully saturated rings. The van der Waals surface area contributed by atoms with Crippen LogP contribution in [0.15, 0.2) is 12.4 Å². The Kier molecular flexibility index (Phi) is 2.81. The van der Waals surface area contributed by atoms with Crippen LogP contribution in [0.4, 0.5) is 0 Å². The van der Waals surface area contributed by atoms with Crippen molar-refractivity contribution in [3.05, 3.63) is 18.2 Å². The van der Waals surface area contributed by atoms with Gasteiger partial charge in [0.05, 0.1) is 0 Å². The molecule has 2 rings (SSSR count). The number of amides is 1. The van der Waals surface area contributed by atoms with Crippen LogP contribution < -0.4 is 5.32 Å². The fourth-order valence-corrected chi connectivity index (χ4v) is 1.55. The molecule has 0 aliphatic heterocycles. The Hall–Kier alpha value is -1.32. The molecule has 76 valence electrons. The number of aromatic nitrogens is 2. The van der Waals surface area contributed by atoms with Gasteiger partial charge in [-0.25, -0.2) is 4.98 Å². The standard InChI is InChI=1S/C10H15N3O/c14-10(8-2-1-3-8)13-5-4-9-11-6-7-12-9/h6-8H,1-5H2,(H,11,12)(H,13,14). The molecule has 1 aliphatic carbocycles. The number of imidazole rings is 1. The molecule has 1 heterocycles. The Morgan fingerprint density at radius 2 is 2.50 bits per heavy atom. The predicted octanol–water partition coefficient (Wildman–Crippen LogP) is 0.868. The van der Waals surface area contributed by atoms with Crippen molar-refractivity contribution in [3.63, 3.8) is 0 Å². The van der Waals surface area contributed by atoms with Gasteiger partial charge in [-0.1, -0.05) is 6.42 Å². The fourth-order valence-electron chi connectivity index (χ4n) is 1.55. The zero-order chi connectivity index (χ0) is 9.80. The van der Waals surface area contributed by atoms with Gasteiger partial charge in [-0.15, -0.1) is 0 Å². The maximum atomic E-state index is 11.4. The Balaban J connectivity index is 1.65. The van der Waals surface area contributed by atoms with Crippen molar-refractivity contribution in [2.24, 2.45) is 5.92 Å². The minimum atomic E-state index is 0.211. The van der Waals surface area contributed by atoms with Crippen molar-refractivity contribution in [1.82, 2.24) is 15.3 Å². The molecule has 1 aliphatic rings. The van der Waals surface area contributed by atoms with E-state index < -0.39 is 0 Å². The van der Waals surface area contributed by atoms with Gasteiger partial charge in [0.15, 0.2) is 0 Å². The Labute approximate surface area is 83.1 Å². The number of hydrogen-bond acceptors (Lipinski definition) is 2. The van der Waals surface area contributed by atoms with E-state index in [1.54, 1.807) is 12.4 Å². The summed E-state index contributed by atoms with van der Waals surface area (Å²) in [6, 6.07) is 0. The normalized spacial score (nSPS) is 16.3. The van der Waals surface area contributed by atoms with Crippen molar-refractivity contribution >= 4 is 5.91 Å². The minimum absolute atomic E-state index is 0.211. The average molecular weight is 193 g/mol. The van der Waals surface area contributed by atoms with Crippen LogP contribution in [0.25, 0.3) is 0 Å². The molecule has 1 amide bonds. The van der Waals surface area contributed by atoms with E-state index in [1.807, 2.05) is 0 Å². The quantitative estimate of drug-likeness (QED) is 0.745. The number of nitrogens with one attached hydrogen (secondary N) is 2. The molecule has 0 saturated heterocycles. The molecule has 1 saturated carbocycles.